The number of rotatable bonds is 4. The maximum atomic E-state index is 13.0. The van der Waals surface area contributed by atoms with Crippen LogP contribution >= 0.6 is 0 Å². The molecule has 3 rings (SSSR count). The zero-order valence-electron chi connectivity index (χ0n) is 12.9. The van der Waals surface area contributed by atoms with Crippen molar-refractivity contribution >= 4 is 5.91 Å². The minimum Gasteiger partial charge on any atom is -0.419 e. The average molecular weight is 318 g/mol. The number of primary amides is 1. The number of halogens is 1. The summed E-state index contributed by atoms with van der Waals surface area (Å²) >= 11 is 0. The van der Waals surface area contributed by atoms with E-state index < -0.39 is 0 Å². The number of carbonyl (C=O) groups excluding carboxylic acids is 1. The predicted molar refractivity (Wildman–Crippen MR) is 81.6 cm³/mol. The number of hydrogen-bond acceptors (Lipinski definition) is 5. The lowest BCUT2D eigenvalue weighted by atomic mass is 9.99. The number of carbonyl (C=O) groups is 1. The van der Waals surface area contributed by atoms with E-state index in [1.165, 1.54) is 12.1 Å². The minimum absolute atomic E-state index is 0.200. The van der Waals surface area contributed by atoms with E-state index in [1.54, 1.807) is 12.1 Å². The van der Waals surface area contributed by atoms with Crippen molar-refractivity contribution < 1.29 is 13.6 Å². The Hall–Kier alpha value is -2.28. The van der Waals surface area contributed by atoms with Crippen LogP contribution in [-0.2, 0) is 4.79 Å². The summed E-state index contributed by atoms with van der Waals surface area (Å²) in [6, 6.07) is 5.36. The summed E-state index contributed by atoms with van der Waals surface area (Å²) in [7, 11) is 0. The molecule has 1 aromatic heterocycles. The largest absolute Gasteiger partial charge is 0.419 e. The number of amides is 1. The van der Waals surface area contributed by atoms with E-state index in [0.29, 0.717) is 17.3 Å². The van der Waals surface area contributed by atoms with Gasteiger partial charge in [-0.2, -0.15) is 0 Å². The number of aromatic nitrogens is 2. The Morgan fingerprint density at radius 1 is 1.35 bits per heavy atom. The molecule has 1 aliphatic heterocycles. The molecule has 1 fully saturated rings. The molecule has 2 unspecified atom stereocenters. The molecule has 7 heteroatoms. The van der Waals surface area contributed by atoms with Crippen LogP contribution in [0.15, 0.2) is 28.7 Å². The van der Waals surface area contributed by atoms with Crippen molar-refractivity contribution in [1.82, 2.24) is 15.1 Å². The second-order valence-corrected chi connectivity index (χ2v) is 5.78. The summed E-state index contributed by atoms with van der Waals surface area (Å²) in [6.45, 7) is 2.69. The van der Waals surface area contributed by atoms with E-state index in [2.05, 4.69) is 10.2 Å². The molecule has 0 spiro atoms. The molecule has 1 saturated heterocycles. The van der Waals surface area contributed by atoms with Gasteiger partial charge in [-0.3, -0.25) is 9.69 Å². The first-order valence-electron chi connectivity index (χ1n) is 7.70. The van der Waals surface area contributed by atoms with Crippen molar-refractivity contribution in [1.29, 1.82) is 0 Å². The van der Waals surface area contributed by atoms with Gasteiger partial charge in [-0.25, -0.2) is 4.39 Å². The highest BCUT2D eigenvalue weighted by Gasteiger charge is 2.33. The second-order valence-electron chi connectivity index (χ2n) is 5.78. The molecule has 1 amide bonds. The fourth-order valence-electron chi connectivity index (χ4n) is 2.98. The fourth-order valence-corrected chi connectivity index (χ4v) is 2.98. The van der Waals surface area contributed by atoms with Crippen LogP contribution in [-0.4, -0.2) is 33.6 Å². The van der Waals surface area contributed by atoms with Gasteiger partial charge in [0.05, 0.1) is 12.1 Å². The second kappa shape index (κ2) is 6.45. The summed E-state index contributed by atoms with van der Waals surface area (Å²) in [5, 5.41) is 8.10. The number of likely N-dealkylation sites (tertiary alicyclic amines) is 1. The van der Waals surface area contributed by atoms with E-state index in [-0.39, 0.29) is 23.8 Å². The minimum atomic E-state index is -0.324. The van der Waals surface area contributed by atoms with Gasteiger partial charge in [-0.15, -0.1) is 10.2 Å². The lowest BCUT2D eigenvalue weighted by Crippen LogP contribution is -2.48. The van der Waals surface area contributed by atoms with Gasteiger partial charge < -0.3 is 10.2 Å². The molecule has 23 heavy (non-hydrogen) atoms. The maximum absolute atomic E-state index is 13.0. The van der Waals surface area contributed by atoms with Crippen molar-refractivity contribution in [3.63, 3.8) is 0 Å². The number of benzene rings is 1. The molecule has 2 heterocycles. The molecule has 0 radical (unpaired) electrons. The molecule has 0 saturated carbocycles. The third kappa shape index (κ3) is 3.24. The molecular formula is C16H19FN4O2. The van der Waals surface area contributed by atoms with E-state index >= 15 is 0 Å². The smallest absolute Gasteiger partial charge is 0.247 e. The Morgan fingerprint density at radius 3 is 2.78 bits per heavy atom. The van der Waals surface area contributed by atoms with Crippen LogP contribution in [0.5, 0.6) is 0 Å². The van der Waals surface area contributed by atoms with E-state index in [1.807, 2.05) is 11.8 Å². The van der Waals surface area contributed by atoms with Gasteiger partial charge in [0, 0.05) is 5.56 Å². The molecule has 0 aliphatic carbocycles. The molecule has 2 atom stereocenters. The summed E-state index contributed by atoms with van der Waals surface area (Å²) in [6.07, 6.45) is 2.74. The van der Waals surface area contributed by atoms with Crippen molar-refractivity contribution in [2.75, 3.05) is 6.54 Å². The molecule has 0 bridgehead atoms. The van der Waals surface area contributed by atoms with Crippen LogP contribution in [0.25, 0.3) is 11.5 Å². The van der Waals surface area contributed by atoms with Crippen molar-refractivity contribution in [3.05, 3.63) is 36.0 Å². The molecule has 2 N–H and O–H groups in total. The third-order valence-corrected chi connectivity index (χ3v) is 4.26. The van der Waals surface area contributed by atoms with Gasteiger partial charge in [0.25, 0.3) is 0 Å². The molecule has 2 aromatic rings. The van der Waals surface area contributed by atoms with Crippen LogP contribution in [0.1, 0.15) is 38.1 Å². The van der Waals surface area contributed by atoms with E-state index in [4.69, 9.17) is 10.2 Å². The van der Waals surface area contributed by atoms with Crippen molar-refractivity contribution in [2.45, 2.75) is 38.3 Å². The number of hydrogen-bond donors (Lipinski definition) is 1. The monoisotopic (exact) mass is 318 g/mol. The SMILES string of the molecule is CC(c1nnc(-c2ccc(F)cc2)o1)N1CCCCC1C(N)=O. The van der Waals surface area contributed by atoms with Crippen LogP contribution in [0, 0.1) is 5.82 Å². The van der Waals surface area contributed by atoms with Crippen molar-refractivity contribution in [2.24, 2.45) is 5.73 Å². The zero-order chi connectivity index (χ0) is 16.4. The van der Waals surface area contributed by atoms with Crippen molar-refractivity contribution in [3.8, 4) is 11.5 Å². The van der Waals surface area contributed by atoms with Gasteiger partial charge in [0.15, 0.2) is 0 Å². The molecule has 122 valence electrons. The zero-order valence-corrected chi connectivity index (χ0v) is 12.9. The van der Waals surface area contributed by atoms with E-state index in [9.17, 15) is 9.18 Å². The Labute approximate surface area is 133 Å². The van der Waals surface area contributed by atoms with Gasteiger partial charge in [-0.05, 0) is 50.6 Å². The standard InChI is InChI=1S/C16H19FN4O2/c1-10(21-9-3-2-4-13(21)14(18)22)15-19-20-16(23-15)11-5-7-12(17)8-6-11/h5-8,10,13H,2-4,9H2,1H3,(H2,18,22). The molecular weight excluding hydrogens is 299 g/mol. The summed E-state index contributed by atoms with van der Waals surface area (Å²) in [5.74, 6) is 0.117. The fraction of sp³-hybridized carbons (Fsp3) is 0.438. The lowest BCUT2D eigenvalue weighted by Gasteiger charge is -2.36. The predicted octanol–water partition coefficient (Wildman–Crippen LogP) is 2.28. The van der Waals surface area contributed by atoms with E-state index in [0.717, 1.165) is 25.8 Å². The Bertz CT molecular complexity index is 686. The van der Waals surface area contributed by atoms with Gasteiger partial charge in [0.1, 0.15) is 5.82 Å². The van der Waals surface area contributed by atoms with Gasteiger partial charge >= 0.3 is 0 Å². The molecule has 6 nitrogen and oxygen atoms in total. The number of nitrogens with two attached hydrogens (primary N) is 1. The van der Waals surface area contributed by atoms with Crippen LogP contribution in [0.2, 0.25) is 0 Å². The first-order valence-corrected chi connectivity index (χ1v) is 7.70. The normalized spacial score (nSPS) is 20.3. The average Bonchev–Trinajstić information content (AvgIpc) is 3.04. The maximum Gasteiger partial charge on any atom is 0.247 e. The first kappa shape index (κ1) is 15.6. The van der Waals surface area contributed by atoms with Gasteiger partial charge in [-0.1, -0.05) is 6.42 Å². The van der Waals surface area contributed by atoms with Crippen LogP contribution in [0.3, 0.4) is 0 Å². The highest BCUT2D eigenvalue weighted by molar-refractivity contribution is 5.80. The molecule has 1 aliphatic rings. The summed E-state index contributed by atoms with van der Waals surface area (Å²) in [5.41, 5.74) is 6.16. The summed E-state index contributed by atoms with van der Waals surface area (Å²) < 4.78 is 18.7. The highest BCUT2D eigenvalue weighted by Crippen LogP contribution is 2.29. The Kier molecular flexibility index (Phi) is 4.38. The topological polar surface area (TPSA) is 85.2 Å². The van der Waals surface area contributed by atoms with Crippen LogP contribution < -0.4 is 5.73 Å². The van der Waals surface area contributed by atoms with Crippen LogP contribution in [0.4, 0.5) is 4.39 Å². The first-order chi connectivity index (χ1) is 11.1. The Morgan fingerprint density at radius 2 is 2.09 bits per heavy atom. The van der Waals surface area contributed by atoms with Gasteiger partial charge in [0.2, 0.25) is 17.7 Å². The lowest BCUT2D eigenvalue weighted by molar-refractivity contribution is -0.125. The number of nitrogens with zero attached hydrogens (tertiary/aromatic N) is 3. The molecule has 1 aromatic carbocycles. The summed E-state index contributed by atoms with van der Waals surface area (Å²) in [4.78, 5) is 13.6. The quantitative estimate of drug-likeness (QED) is 0.934. The Balaban J connectivity index is 1.81. The third-order valence-electron chi connectivity index (χ3n) is 4.26. The highest BCUT2D eigenvalue weighted by atomic mass is 19.1. The number of piperidine rings is 1.